The van der Waals surface area contributed by atoms with E-state index in [1.54, 1.807) is 6.92 Å². The van der Waals surface area contributed by atoms with Gasteiger partial charge in [0.2, 0.25) is 5.91 Å². The van der Waals surface area contributed by atoms with Crippen molar-refractivity contribution in [1.82, 2.24) is 9.80 Å². The molecule has 1 aromatic rings. The molecular weight excluding hydrogens is 236 g/mol. The zero-order valence-electron chi connectivity index (χ0n) is 11.5. The van der Waals surface area contributed by atoms with Gasteiger partial charge in [0.1, 0.15) is 0 Å². The van der Waals surface area contributed by atoms with E-state index in [1.807, 2.05) is 17.0 Å². The molecule has 1 heterocycles. The van der Waals surface area contributed by atoms with Gasteiger partial charge < -0.3 is 4.90 Å². The molecular formula is C16H21N2O. The normalized spacial score (nSPS) is 17.1. The molecule has 0 saturated carbocycles. The Hall–Kier alpha value is -1.61. The number of hydrogen-bond acceptors (Lipinski definition) is 2. The van der Waals surface area contributed by atoms with Gasteiger partial charge in [0, 0.05) is 39.6 Å². The van der Waals surface area contributed by atoms with E-state index in [1.165, 1.54) is 5.56 Å². The van der Waals surface area contributed by atoms with Crippen molar-refractivity contribution >= 4 is 12.0 Å². The molecule has 1 saturated heterocycles. The molecule has 1 amide bonds. The fourth-order valence-electron chi connectivity index (χ4n) is 2.21. The second kappa shape index (κ2) is 6.53. The van der Waals surface area contributed by atoms with Crippen LogP contribution in [0.1, 0.15) is 18.1 Å². The van der Waals surface area contributed by atoms with Crippen molar-refractivity contribution in [2.45, 2.75) is 6.92 Å². The smallest absolute Gasteiger partial charge is 0.219 e. The van der Waals surface area contributed by atoms with Gasteiger partial charge in [-0.05, 0) is 18.1 Å². The molecule has 0 spiro atoms. The molecule has 1 aliphatic rings. The van der Waals surface area contributed by atoms with Gasteiger partial charge in [0.25, 0.3) is 0 Å². The van der Waals surface area contributed by atoms with Crippen molar-refractivity contribution in [3.05, 3.63) is 48.4 Å². The van der Waals surface area contributed by atoms with E-state index in [-0.39, 0.29) is 5.91 Å². The average Bonchev–Trinajstić information content (AvgIpc) is 2.41. The zero-order chi connectivity index (χ0) is 13.7. The van der Waals surface area contributed by atoms with Crippen LogP contribution in [-0.2, 0) is 4.79 Å². The molecule has 1 aliphatic heterocycles. The molecule has 3 nitrogen and oxygen atoms in total. The highest BCUT2D eigenvalue weighted by Gasteiger charge is 2.16. The van der Waals surface area contributed by atoms with Crippen LogP contribution in [0.25, 0.3) is 6.08 Å². The van der Waals surface area contributed by atoms with Crippen LogP contribution in [0.3, 0.4) is 0 Å². The quantitative estimate of drug-likeness (QED) is 0.827. The summed E-state index contributed by atoms with van der Waals surface area (Å²) in [5.41, 5.74) is 2.24. The fraction of sp³-hybridized carbons (Fsp3) is 0.375. The molecule has 1 aromatic carbocycles. The zero-order valence-corrected chi connectivity index (χ0v) is 11.5. The lowest BCUT2D eigenvalue weighted by molar-refractivity contribution is -0.130. The van der Waals surface area contributed by atoms with Crippen LogP contribution in [0.5, 0.6) is 0 Å². The third kappa shape index (κ3) is 4.21. The summed E-state index contributed by atoms with van der Waals surface area (Å²) in [6, 6.07) is 8.19. The first-order chi connectivity index (χ1) is 9.15. The lowest BCUT2D eigenvalue weighted by Crippen LogP contribution is -2.47. The Morgan fingerprint density at radius 3 is 2.42 bits per heavy atom. The van der Waals surface area contributed by atoms with E-state index in [4.69, 9.17) is 0 Å². The van der Waals surface area contributed by atoms with Crippen molar-refractivity contribution in [3.63, 3.8) is 0 Å². The van der Waals surface area contributed by atoms with Crippen LogP contribution in [0.4, 0.5) is 0 Å². The summed E-state index contributed by atoms with van der Waals surface area (Å²) < 4.78 is 0. The Labute approximate surface area is 115 Å². The van der Waals surface area contributed by atoms with Crippen molar-refractivity contribution in [3.8, 4) is 0 Å². The summed E-state index contributed by atoms with van der Waals surface area (Å²) in [6.07, 6.45) is 4.32. The second-order valence-corrected chi connectivity index (χ2v) is 4.95. The third-order valence-electron chi connectivity index (χ3n) is 3.47. The average molecular weight is 257 g/mol. The predicted octanol–water partition coefficient (Wildman–Crippen LogP) is 2.05. The molecule has 0 atom stereocenters. The summed E-state index contributed by atoms with van der Waals surface area (Å²) in [6.45, 7) is 10.1. The summed E-state index contributed by atoms with van der Waals surface area (Å²) in [4.78, 5) is 15.5. The maximum atomic E-state index is 11.2. The van der Waals surface area contributed by atoms with E-state index in [9.17, 15) is 4.79 Å². The number of nitrogens with zero attached hydrogens (tertiary/aromatic N) is 2. The van der Waals surface area contributed by atoms with Crippen LogP contribution in [0.15, 0.2) is 30.3 Å². The van der Waals surface area contributed by atoms with Gasteiger partial charge in [-0.2, -0.15) is 0 Å². The Morgan fingerprint density at radius 2 is 1.84 bits per heavy atom. The van der Waals surface area contributed by atoms with E-state index >= 15 is 0 Å². The van der Waals surface area contributed by atoms with Gasteiger partial charge in [0.05, 0.1) is 0 Å². The van der Waals surface area contributed by atoms with E-state index in [0.717, 1.165) is 38.3 Å². The van der Waals surface area contributed by atoms with Gasteiger partial charge in [-0.1, -0.05) is 36.4 Å². The van der Waals surface area contributed by atoms with E-state index < -0.39 is 0 Å². The predicted molar refractivity (Wildman–Crippen MR) is 78.6 cm³/mol. The molecule has 0 bridgehead atoms. The minimum absolute atomic E-state index is 0.184. The molecule has 0 unspecified atom stereocenters. The molecule has 2 rings (SSSR count). The maximum Gasteiger partial charge on any atom is 0.219 e. The van der Waals surface area contributed by atoms with Gasteiger partial charge in [-0.15, -0.1) is 0 Å². The summed E-state index contributed by atoms with van der Waals surface area (Å²) in [5, 5.41) is 0. The Morgan fingerprint density at radius 1 is 1.21 bits per heavy atom. The van der Waals surface area contributed by atoms with Crippen molar-refractivity contribution in [2.24, 2.45) is 0 Å². The number of rotatable bonds is 3. The first kappa shape index (κ1) is 13.8. The number of carbonyl (C=O) groups is 1. The molecule has 3 heteroatoms. The molecule has 1 fully saturated rings. The van der Waals surface area contributed by atoms with Crippen LogP contribution in [0.2, 0.25) is 0 Å². The highest BCUT2D eigenvalue weighted by molar-refractivity contribution is 5.73. The molecule has 19 heavy (non-hydrogen) atoms. The number of hydrogen-bond donors (Lipinski definition) is 0. The molecule has 1 radical (unpaired) electrons. The molecule has 0 aliphatic carbocycles. The van der Waals surface area contributed by atoms with Crippen LogP contribution in [0, 0.1) is 6.92 Å². The van der Waals surface area contributed by atoms with Gasteiger partial charge in [0.15, 0.2) is 0 Å². The Bertz CT molecular complexity index is 442. The van der Waals surface area contributed by atoms with Crippen LogP contribution in [-0.4, -0.2) is 48.4 Å². The van der Waals surface area contributed by atoms with Crippen LogP contribution < -0.4 is 0 Å². The standard InChI is InChI=1S/C16H21N2O/c1-14-5-7-16(8-6-14)4-3-9-17-10-12-18(13-11-17)15(2)19/h3-8H,1,9-13H2,2H3. The molecule has 0 aromatic heterocycles. The maximum absolute atomic E-state index is 11.2. The van der Waals surface area contributed by atoms with Gasteiger partial charge in [-0.25, -0.2) is 0 Å². The summed E-state index contributed by atoms with van der Waals surface area (Å²) >= 11 is 0. The monoisotopic (exact) mass is 257 g/mol. The number of benzene rings is 1. The Kier molecular flexibility index (Phi) is 4.74. The number of amides is 1. The molecule has 0 N–H and O–H groups in total. The van der Waals surface area contributed by atoms with E-state index in [2.05, 4.69) is 36.1 Å². The summed E-state index contributed by atoms with van der Waals surface area (Å²) in [5.74, 6) is 0.184. The Balaban J connectivity index is 1.77. The highest BCUT2D eigenvalue weighted by atomic mass is 16.2. The summed E-state index contributed by atoms with van der Waals surface area (Å²) in [7, 11) is 0. The minimum atomic E-state index is 0.184. The van der Waals surface area contributed by atoms with E-state index in [0.29, 0.717) is 0 Å². The van der Waals surface area contributed by atoms with Gasteiger partial charge in [-0.3, -0.25) is 9.69 Å². The SMILES string of the molecule is [CH2]c1ccc(C=CCN2CCN(C(C)=O)CC2)cc1. The van der Waals surface area contributed by atoms with Crippen LogP contribution >= 0.6 is 0 Å². The van der Waals surface area contributed by atoms with Crippen molar-refractivity contribution in [1.29, 1.82) is 0 Å². The van der Waals surface area contributed by atoms with Crippen molar-refractivity contribution < 1.29 is 4.79 Å². The lowest BCUT2D eigenvalue weighted by atomic mass is 10.1. The lowest BCUT2D eigenvalue weighted by Gasteiger charge is -2.33. The topological polar surface area (TPSA) is 23.6 Å². The molecule has 101 valence electrons. The van der Waals surface area contributed by atoms with Gasteiger partial charge >= 0.3 is 0 Å². The second-order valence-electron chi connectivity index (χ2n) is 4.95. The third-order valence-corrected chi connectivity index (χ3v) is 3.47. The largest absolute Gasteiger partial charge is 0.340 e. The highest BCUT2D eigenvalue weighted by Crippen LogP contribution is 2.06. The first-order valence-corrected chi connectivity index (χ1v) is 6.71. The fourth-order valence-corrected chi connectivity index (χ4v) is 2.21. The number of carbonyl (C=O) groups excluding carboxylic acids is 1. The number of piperazine rings is 1. The first-order valence-electron chi connectivity index (χ1n) is 6.71. The van der Waals surface area contributed by atoms with Crippen molar-refractivity contribution in [2.75, 3.05) is 32.7 Å². The minimum Gasteiger partial charge on any atom is -0.340 e.